The fourth-order valence-electron chi connectivity index (χ4n) is 3.98. The molecule has 0 radical (unpaired) electrons. The number of benzene rings is 1. The van der Waals surface area contributed by atoms with Crippen molar-refractivity contribution >= 4 is 29.7 Å². The molecular weight excluding hydrogens is 405 g/mol. The van der Waals surface area contributed by atoms with Crippen LogP contribution in [0.3, 0.4) is 0 Å². The van der Waals surface area contributed by atoms with Gasteiger partial charge in [-0.25, -0.2) is 13.9 Å². The summed E-state index contributed by atoms with van der Waals surface area (Å²) in [7, 11) is 0. The predicted molar refractivity (Wildman–Crippen MR) is 109 cm³/mol. The summed E-state index contributed by atoms with van der Waals surface area (Å²) in [5.41, 5.74) is 0.927. The van der Waals surface area contributed by atoms with Crippen molar-refractivity contribution in [2.24, 2.45) is 5.92 Å². The Morgan fingerprint density at radius 3 is 2.87 bits per heavy atom. The Morgan fingerprint density at radius 1 is 1.35 bits per heavy atom. The van der Waals surface area contributed by atoms with Gasteiger partial charge in [0, 0.05) is 19.5 Å². The molecule has 0 bridgehead atoms. The fraction of sp³-hybridized carbons (Fsp3) is 0.450. The summed E-state index contributed by atoms with van der Waals surface area (Å²) in [5.74, 6) is 0.272. The lowest BCUT2D eigenvalue weighted by Gasteiger charge is -2.33. The van der Waals surface area contributed by atoms with E-state index >= 15 is 0 Å². The molecule has 2 aliphatic heterocycles. The van der Waals surface area contributed by atoms with Crippen molar-refractivity contribution in [3.63, 3.8) is 0 Å². The van der Waals surface area contributed by atoms with Crippen molar-refractivity contribution in [1.82, 2.24) is 15.0 Å². The second-order valence-corrected chi connectivity index (χ2v) is 7.63. The molecule has 10 nitrogen and oxygen atoms in total. The number of amides is 2. The van der Waals surface area contributed by atoms with Gasteiger partial charge in [0.15, 0.2) is 5.82 Å². The highest BCUT2D eigenvalue weighted by atomic mass is 19.1. The Labute approximate surface area is 178 Å². The van der Waals surface area contributed by atoms with Gasteiger partial charge < -0.3 is 15.0 Å². The highest BCUT2D eigenvalue weighted by Gasteiger charge is 2.33. The smallest absolute Gasteiger partial charge is 0.414 e. The fourth-order valence-corrected chi connectivity index (χ4v) is 3.98. The van der Waals surface area contributed by atoms with Crippen molar-refractivity contribution in [2.75, 3.05) is 34.8 Å². The maximum atomic E-state index is 14.8. The van der Waals surface area contributed by atoms with E-state index in [4.69, 9.17) is 10.00 Å². The number of cyclic esters (lactones) is 1. The van der Waals surface area contributed by atoms with Crippen molar-refractivity contribution in [2.45, 2.75) is 31.9 Å². The van der Waals surface area contributed by atoms with E-state index in [0.29, 0.717) is 49.0 Å². The van der Waals surface area contributed by atoms with Crippen molar-refractivity contribution in [1.29, 1.82) is 5.26 Å². The molecule has 11 heteroatoms. The molecule has 1 unspecified atom stereocenters. The van der Waals surface area contributed by atoms with Gasteiger partial charge in [-0.2, -0.15) is 5.26 Å². The number of nitriles is 1. The second kappa shape index (κ2) is 8.99. The van der Waals surface area contributed by atoms with Crippen LogP contribution in [0, 0.1) is 23.1 Å². The first-order chi connectivity index (χ1) is 15.1. The van der Waals surface area contributed by atoms with Gasteiger partial charge in [-0.1, -0.05) is 5.21 Å². The highest BCUT2D eigenvalue weighted by Crippen LogP contribution is 2.31. The minimum Gasteiger partial charge on any atom is -0.442 e. The number of ether oxygens (including phenoxy) is 1. The molecule has 2 fully saturated rings. The first-order valence-corrected chi connectivity index (χ1v) is 10.1. The average molecular weight is 427 g/mol. The van der Waals surface area contributed by atoms with Crippen LogP contribution in [-0.4, -0.2) is 53.2 Å². The molecule has 162 valence electrons. The van der Waals surface area contributed by atoms with Crippen LogP contribution in [0.4, 0.5) is 26.4 Å². The van der Waals surface area contributed by atoms with E-state index in [1.54, 1.807) is 12.1 Å². The van der Waals surface area contributed by atoms with E-state index < -0.39 is 18.0 Å². The Hall–Kier alpha value is -3.68. The first kappa shape index (κ1) is 20.6. The minimum absolute atomic E-state index is 0.244. The number of nitrogens with one attached hydrogen (secondary N) is 1. The molecule has 4 rings (SSSR count). The van der Waals surface area contributed by atoms with Crippen LogP contribution >= 0.6 is 0 Å². The zero-order valence-electron chi connectivity index (χ0n) is 16.8. The van der Waals surface area contributed by atoms with Crippen LogP contribution < -0.4 is 15.1 Å². The number of anilines is 3. The number of nitrogens with zero attached hydrogens (tertiary/aromatic N) is 6. The third-order valence-corrected chi connectivity index (χ3v) is 5.59. The predicted octanol–water partition coefficient (Wildman–Crippen LogP) is 2.14. The van der Waals surface area contributed by atoms with Gasteiger partial charge in [0.2, 0.25) is 6.41 Å². The van der Waals surface area contributed by atoms with Crippen LogP contribution in [0.25, 0.3) is 0 Å². The van der Waals surface area contributed by atoms with Crippen LogP contribution in [0.5, 0.6) is 0 Å². The lowest BCUT2D eigenvalue weighted by Crippen LogP contribution is -2.34. The zero-order valence-corrected chi connectivity index (χ0v) is 16.8. The largest absolute Gasteiger partial charge is 0.442 e. The summed E-state index contributed by atoms with van der Waals surface area (Å²) in [6.45, 7) is 1.91. The lowest BCUT2D eigenvalue weighted by molar-refractivity contribution is -0.105. The van der Waals surface area contributed by atoms with Crippen molar-refractivity contribution in [3.05, 3.63) is 30.2 Å². The van der Waals surface area contributed by atoms with E-state index in [1.807, 2.05) is 4.90 Å². The summed E-state index contributed by atoms with van der Waals surface area (Å²) >= 11 is 0. The van der Waals surface area contributed by atoms with Gasteiger partial charge in [-0.05, 0) is 37.0 Å². The quantitative estimate of drug-likeness (QED) is 0.673. The standard InChI is InChI=1S/C20H22FN7O3/c21-17-9-15(1-2-18(17)26-7-4-14(3-6-22)5-8-26)28-11-16(31-20(28)30)10-27-12-19(23-13-29)24-25-27/h1-2,9,12-14,16H,3-5,7-8,10-11H2,(H,23,29). The van der Waals surface area contributed by atoms with Gasteiger partial charge >= 0.3 is 6.09 Å². The molecule has 1 aromatic heterocycles. The van der Waals surface area contributed by atoms with Crippen molar-refractivity contribution in [3.8, 4) is 6.07 Å². The maximum absolute atomic E-state index is 14.8. The van der Waals surface area contributed by atoms with Crippen LogP contribution in [0.1, 0.15) is 19.3 Å². The molecule has 0 spiro atoms. The van der Waals surface area contributed by atoms with Gasteiger partial charge in [-0.15, -0.1) is 5.10 Å². The van der Waals surface area contributed by atoms with E-state index in [0.717, 1.165) is 12.8 Å². The summed E-state index contributed by atoms with van der Waals surface area (Å²) in [6.07, 6.45) is 3.25. The molecule has 1 aromatic carbocycles. The monoisotopic (exact) mass is 427 g/mol. The van der Waals surface area contributed by atoms with Gasteiger partial charge in [0.25, 0.3) is 0 Å². The third-order valence-electron chi connectivity index (χ3n) is 5.59. The molecule has 2 aliphatic rings. The number of piperidine rings is 1. The minimum atomic E-state index is -0.555. The van der Waals surface area contributed by atoms with E-state index in [1.165, 1.54) is 21.8 Å². The molecule has 1 N–H and O–H groups in total. The van der Waals surface area contributed by atoms with E-state index in [-0.39, 0.29) is 13.1 Å². The number of hydrogen-bond donors (Lipinski definition) is 1. The lowest BCUT2D eigenvalue weighted by atomic mass is 9.94. The summed E-state index contributed by atoms with van der Waals surface area (Å²) in [6, 6.07) is 6.95. The maximum Gasteiger partial charge on any atom is 0.414 e. The van der Waals surface area contributed by atoms with Crippen LogP contribution in [0.15, 0.2) is 24.4 Å². The molecule has 1 atom stereocenters. The Balaban J connectivity index is 1.39. The molecule has 3 heterocycles. The number of aromatic nitrogens is 3. The highest BCUT2D eigenvalue weighted by molar-refractivity contribution is 5.90. The zero-order chi connectivity index (χ0) is 21.8. The topological polar surface area (TPSA) is 116 Å². The molecule has 31 heavy (non-hydrogen) atoms. The normalized spacial score (nSPS) is 19.2. The van der Waals surface area contributed by atoms with E-state index in [2.05, 4.69) is 21.7 Å². The Bertz CT molecular complexity index is 997. The van der Waals surface area contributed by atoms with Crippen LogP contribution in [0.2, 0.25) is 0 Å². The average Bonchev–Trinajstić information content (AvgIpc) is 3.35. The number of hydrogen-bond acceptors (Lipinski definition) is 7. The number of halogens is 1. The molecule has 2 aromatic rings. The molecule has 0 saturated carbocycles. The molecular formula is C20H22FN7O3. The summed E-state index contributed by atoms with van der Waals surface area (Å²) in [4.78, 5) is 26.1. The summed E-state index contributed by atoms with van der Waals surface area (Å²) < 4.78 is 21.7. The molecule has 2 saturated heterocycles. The molecule has 2 amide bonds. The third kappa shape index (κ3) is 4.58. The van der Waals surface area contributed by atoms with Crippen LogP contribution in [-0.2, 0) is 16.1 Å². The number of rotatable bonds is 7. The Morgan fingerprint density at radius 2 is 2.16 bits per heavy atom. The second-order valence-electron chi connectivity index (χ2n) is 7.63. The number of carbonyl (C=O) groups excluding carboxylic acids is 2. The first-order valence-electron chi connectivity index (χ1n) is 10.1. The van der Waals surface area contributed by atoms with Gasteiger partial charge in [-0.3, -0.25) is 9.69 Å². The SMILES string of the molecule is N#CCC1CCN(c2ccc(N3CC(Cn4cc(NC=O)nn4)OC3=O)cc2F)CC1. The molecule has 0 aliphatic carbocycles. The van der Waals surface area contributed by atoms with Gasteiger partial charge in [0.05, 0.1) is 36.7 Å². The Kier molecular flexibility index (Phi) is 5.97. The van der Waals surface area contributed by atoms with E-state index in [9.17, 15) is 14.0 Å². The number of carbonyl (C=O) groups is 2. The van der Waals surface area contributed by atoms with Gasteiger partial charge in [0.1, 0.15) is 11.9 Å². The van der Waals surface area contributed by atoms with Crippen molar-refractivity contribution < 1.29 is 18.7 Å². The summed E-state index contributed by atoms with van der Waals surface area (Å²) in [5, 5.41) is 18.9.